The number of fused-ring (bicyclic) bond motifs is 2. The van der Waals surface area contributed by atoms with E-state index in [0.29, 0.717) is 11.8 Å². The molecule has 20 heavy (non-hydrogen) atoms. The van der Waals surface area contributed by atoms with Crippen LogP contribution in [0.5, 0.6) is 0 Å². The molecule has 6 atom stereocenters. The maximum absolute atomic E-state index is 12.1. The molecule has 2 amide bonds. The van der Waals surface area contributed by atoms with Gasteiger partial charge in [0, 0.05) is 25.2 Å². The number of aliphatic hydroxyl groups excluding tert-OH is 1. The molecule has 0 aromatic rings. The molecule has 6 unspecified atom stereocenters. The summed E-state index contributed by atoms with van der Waals surface area (Å²) in [5.41, 5.74) is 0. The smallest absolute Gasteiger partial charge is 0.315 e. The van der Waals surface area contributed by atoms with Crippen molar-refractivity contribution in [2.45, 2.75) is 57.2 Å². The number of carbonyl (C=O) groups excluding carboxylic acids is 1. The van der Waals surface area contributed by atoms with E-state index < -0.39 is 0 Å². The van der Waals surface area contributed by atoms with Crippen molar-refractivity contribution >= 4 is 6.03 Å². The van der Waals surface area contributed by atoms with Crippen LogP contribution in [-0.4, -0.2) is 42.5 Å². The molecule has 2 bridgehead atoms. The topological polar surface area (TPSA) is 70.6 Å². The minimum Gasteiger partial charge on any atom is -0.396 e. The fraction of sp³-hybridized carbons (Fsp3) is 0.933. The van der Waals surface area contributed by atoms with E-state index in [-0.39, 0.29) is 36.7 Å². The first kappa shape index (κ1) is 14.1. The Hall–Kier alpha value is -0.810. The van der Waals surface area contributed by atoms with Gasteiger partial charge in [0.1, 0.15) is 0 Å². The molecule has 114 valence electrons. The van der Waals surface area contributed by atoms with Crippen LogP contribution in [0.3, 0.4) is 0 Å². The number of ether oxygens (including phenoxy) is 1. The molecule has 1 saturated heterocycles. The minimum absolute atomic E-state index is 0.0451. The predicted molar refractivity (Wildman–Crippen MR) is 75.3 cm³/mol. The third-order valence-electron chi connectivity index (χ3n) is 5.48. The van der Waals surface area contributed by atoms with E-state index in [4.69, 9.17) is 4.74 Å². The average Bonchev–Trinajstić information content (AvgIpc) is 3.15. The van der Waals surface area contributed by atoms with Crippen LogP contribution in [0.2, 0.25) is 0 Å². The largest absolute Gasteiger partial charge is 0.396 e. The number of carbonyl (C=O) groups is 1. The highest BCUT2D eigenvalue weighted by Crippen LogP contribution is 2.48. The molecule has 2 aliphatic carbocycles. The van der Waals surface area contributed by atoms with E-state index in [9.17, 15) is 9.90 Å². The molecule has 0 spiro atoms. The molecule has 3 rings (SSSR count). The molecule has 3 fully saturated rings. The van der Waals surface area contributed by atoms with Gasteiger partial charge in [-0.2, -0.15) is 0 Å². The lowest BCUT2D eigenvalue weighted by atomic mass is 9.85. The predicted octanol–water partition coefficient (Wildman–Crippen LogP) is 1.26. The van der Waals surface area contributed by atoms with Gasteiger partial charge in [-0.3, -0.25) is 0 Å². The Balaban J connectivity index is 1.51. The van der Waals surface area contributed by atoms with Gasteiger partial charge in [0.15, 0.2) is 0 Å². The third kappa shape index (κ3) is 2.66. The highest BCUT2D eigenvalue weighted by atomic mass is 16.5. The van der Waals surface area contributed by atoms with E-state index in [1.807, 2.05) is 6.92 Å². The fourth-order valence-electron chi connectivity index (χ4n) is 4.39. The third-order valence-corrected chi connectivity index (χ3v) is 5.48. The number of aliphatic hydroxyl groups is 1. The van der Waals surface area contributed by atoms with Crippen molar-refractivity contribution in [3.8, 4) is 0 Å². The molecule has 2 saturated carbocycles. The highest BCUT2D eigenvalue weighted by Gasteiger charge is 2.47. The van der Waals surface area contributed by atoms with Crippen LogP contribution in [0.15, 0.2) is 0 Å². The second kappa shape index (κ2) is 5.90. The van der Waals surface area contributed by atoms with E-state index in [2.05, 4.69) is 10.6 Å². The number of urea groups is 1. The first-order chi connectivity index (χ1) is 9.69. The summed E-state index contributed by atoms with van der Waals surface area (Å²) >= 11 is 0. The molecule has 1 heterocycles. The molecule has 3 aliphatic rings. The van der Waals surface area contributed by atoms with Crippen LogP contribution in [0.4, 0.5) is 4.79 Å². The summed E-state index contributed by atoms with van der Waals surface area (Å²) in [5, 5.41) is 15.6. The SMILES string of the molecule is CC(NC(=O)NC1C2CCC(C2)C1CO)C1CCCO1. The first-order valence-electron chi connectivity index (χ1n) is 7.98. The molecule has 5 heteroatoms. The van der Waals surface area contributed by atoms with Crippen LogP contribution in [0.25, 0.3) is 0 Å². The van der Waals surface area contributed by atoms with Gasteiger partial charge in [0.2, 0.25) is 0 Å². The molecule has 0 aromatic carbocycles. The summed E-state index contributed by atoms with van der Waals surface area (Å²) in [6, 6.07) is 0.0862. The lowest BCUT2D eigenvalue weighted by Gasteiger charge is -2.31. The summed E-state index contributed by atoms with van der Waals surface area (Å²) in [4.78, 5) is 12.1. The zero-order chi connectivity index (χ0) is 14.1. The number of nitrogens with one attached hydrogen (secondary N) is 2. The molecule has 0 radical (unpaired) electrons. The van der Waals surface area contributed by atoms with Gasteiger partial charge in [-0.05, 0) is 50.9 Å². The van der Waals surface area contributed by atoms with E-state index in [1.165, 1.54) is 12.8 Å². The Kier molecular flexibility index (Phi) is 4.17. The summed E-state index contributed by atoms with van der Waals surface area (Å²) in [5.74, 6) is 1.41. The van der Waals surface area contributed by atoms with E-state index in [1.54, 1.807) is 0 Å². The van der Waals surface area contributed by atoms with Crippen molar-refractivity contribution in [1.29, 1.82) is 0 Å². The van der Waals surface area contributed by atoms with Crippen molar-refractivity contribution in [3.63, 3.8) is 0 Å². The number of hydrogen-bond acceptors (Lipinski definition) is 3. The minimum atomic E-state index is -0.107. The van der Waals surface area contributed by atoms with Gasteiger partial charge in [0.25, 0.3) is 0 Å². The maximum atomic E-state index is 12.1. The standard InChI is InChI=1S/C15H26N2O3/c1-9(13-3-2-6-20-13)16-15(19)17-14-11-5-4-10(7-11)12(14)8-18/h9-14,18H,2-8H2,1H3,(H2,16,17,19). The Morgan fingerprint density at radius 3 is 2.85 bits per heavy atom. The Labute approximate surface area is 120 Å². The molecule has 1 aliphatic heterocycles. The van der Waals surface area contributed by atoms with Crippen LogP contribution in [0, 0.1) is 17.8 Å². The monoisotopic (exact) mass is 282 g/mol. The second-order valence-corrected chi connectivity index (χ2v) is 6.66. The van der Waals surface area contributed by atoms with Crippen LogP contribution < -0.4 is 10.6 Å². The van der Waals surface area contributed by atoms with Gasteiger partial charge in [-0.25, -0.2) is 4.79 Å². The molecule has 5 nitrogen and oxygen atoms in total. The van der Waals surface area contributed by atoms with Gasteiger partial charge in [-0.1, -0.05) is 0 Å². The molecule has 3 N–H and O–H groups in total. The number of hydrogen-bond donors (Lipinski definition) is 3. The summed E-state index contributed by atoms with van der Waals surface area (Å²) in [6.07, 6.45) is 5.81. The van der Waals surface area contributed by atoms with Crippen LogP contribution in [-0.2, 0) is 4.74 Å². The average molecular weight is 282 g/mol. The zero-order valence-electron chi connectivity index (χ0n) is 12.2. The number of amides is 2. The quantitative estimate of drug-likeness (QED) is 0.727. The Bertz CT molecular complexity index is 357. The van der Waals surface area contributed by atoms with Crippen molar-refractivity contribution in [3.05, 3.63) is 0 Å². The second-order valence-electron chi connectivity index (χ2n) is 6.66. The zero-order valence-corrected chi connectivity index (χ0v) is 12.2. The molecular weight excluding hydrogens is 256 g/mol. The van der Waals surface area contributed by atoms with Crippen molar-refractivity contribution in [2.75, 3.05) is 13.2 Å². The van der Waals surface area contributed by atoms with Gasteiger partial charge in [0.05, 0.1) is 12.1 Å². The summed E-state index contributed by atoms with van der Waals surface area (Å²) in [6.45, 7) is 2.99. The van der Waals surface area contributed by atoms with Gasteiger partial charge < -0.3 is 20.5 Å². The molecule has 0 aromatic heterocycles. The normalized spacial score (nSPS) is 40.8. The Morgan fingerprint density at radius 1 is 1.35 bits per heavy atom. The fourth-order valence-corrected chi connectivity index (χ4v) is 4.39. The number of rotatable bonds is 4. The van der Waals surface area contributed by atoms with Crippen molar-refractivity contribution in [1.82, 2.24) is 10.6 Å². The highest BCUT2D eigenvalue weighted by molar-refractivity contribution is 5.74. The van der Waals surface area contributed by atoms with Gasteiger partial charge >= 0.3 is 6.03 Å². The van der Waals surface area contributed by atoms with Crippen LogP contribution in [0.1, 0.15) is 39.0 Å². The first-order valence-corrected chi connectivity index (χ1v) is 7.98. The van der Waals surface area contributed by atoms with E-state index in [0.717, 1.165) is 25.9 Å². The lowest BCUT2D eigenvalue weighted by molar-refractivity contribution is 0.0849. The maximum Gasteiger partial charge on any atom is 0.315 e. The summed E-state index contributed by atoms with van der Waals surface area (Å²) < 4.78 is 5.59. The Morgan fingerprint density at radius 2 is 2.15 bits per heavy atom. The van der Waals surface area contributed by atoms with Crippen molar-refractivity contribution in [2.24, 2.45) is 17.8 Å². The molecular formula is C15H26N2O3. The van der Waals surface area contributed by atoms with Crippen molar-refractivity contribution < 1.29 is 14.6 Å². The summed E-state index contributed by atoms with van der Waals surface area (Å²) in [7, 11) is 0. The van der Waals surface area contributed by atoms with E-state index >= 15 is 0 Å². The lowest BCUT2D eigenvalue weighted by Crippen LogP contribution is -2.52. The van der Waals surface area contributed by atoms with Gasteiger partial charge in [-0.15, -0.1) is 0 Å². The van der Waals surface area contributed by atoms with Crippen LogP contribution >= 0.6 is 0 Å².